The molecule has 1 amide bonds. The zero-order valence-electron chi connectivity index (χ0n) is 17.0. The van der Waals surface area contributed by atoms with Crippen molar-refractivity contribution < 1.29 is 4.79 Å². The van der Waals surface area contributed by atoms with E-state index in [-0.39, 0.29) is 5.91 Å². The number of thiophene rings is 1. The van der Waals surface area contributed by atoms with Crippen molar-refractivity contribution in [2.45, 2.75) is 44.6 Å². The lowest BCUT2D eigenvalue weighted by atomic mass is 10.2. The van der Waals surface area contributed by atoms with Gasteiger partial charge in [-0.15, -0.1) is 21.5 Å². The molecule has 0 spiro atoms. The number of imidazole rings is 1. The molecule has 1 N–H and O–H groups in total. The Labute approximate surface area is 183 Å². The molecule has 0 unspecified atom stereocenters. The van der Waals surface area contributed by atoms with Crippen LogP contribution in [0, 0.1) is 6.92 Å². The molecular weight excluding hydrogens is 410 g/mol. The quantitative estimate of drug-likeness (QED) is 0.490. The van der Waals surface area contributed by atoms with Gasteiger partial charge in [0.25, 0.3) is 5.91 Å². The molecular formula is C22H21N7OS. The molecule has 9 heteroatoms. The molecule has 4 heterocycles. The number of carbonyl (C=O) groups is 1. The molecule has 4 aromatic rings. The van der Waals surface area contributed by atoms with Gasteiger partial charge in [-0.2, -0.15) is 0 Å². The van der Waals surface area contributed by atoms with E-state index < -0.39 is 0 Å². The predicted octanol–water partition coefficient (Wildman–Crippen LogP) is 4.36. The van der Waals surface area contributed by atoms with E-state index >= 15 is 0 Å². The van der Waals surface area contributed by atoms with Gasteiger partial charge in [0.2, 0.25) is 0 Å². The fourth-order valence-corrected chi connectivity index (χ4v) is 4.56. The van der Waals surface area contributed by atoms with Crippen LogP contribution < -0.4 is 5.32 Å². The molecule has 0 bridgehead atoms. The van der Waals surface area contributed by atoms with Gasteiger partial charge in [0.05, 0.1) is 28.3 Å². The number of nitrogens with zero attached hydrogens (tertiary/aromatic N) is 6. The number of aromatic nitrogens is 6. The number of aryl methyl sites for hydroxylation is 1. The second kappa shape index (κ2) is 7.12. The molecule has 4 aromatic heterocycles. The smallest absolute Gasteiger partial charge is 0.274 e. The van der Waals surface area contributed by atoms with Gasteiger partial charge in [-0.3, -0.25) is 9.78 Å². The number of carbonyl (C=O) groups excluding carboxylic acids is 1. The molecule has 0 aliphatic heterocycles. The highest BCUT2D eigenvalue weighted by molar-refractivity contribution is 7.14. The third-order valence-corrected chi connectivity index (χ3v) is 6.70. The normalized spacial score (nSPS) is 15.9. The van der Waals surface area contributed by atoms with Gasteiger partial charge >= 0.3 is 0 Å². The number of hydrogen-bond acceptors (Lipinski definition) is 6. The minimum Gasteiger partial charge on any atom is -0.320 e. The molecule has 2 aliphatic carbocycles. The lowest BCUT2D eigenvalue weighted by molar-refractivity contribution is 0.102. The summed E-state index contributed by atoms with van der Waals surface area (Å²) in [4.78, 5) is 22.7. The molecule has 2 aliphatic rings. The van der Waals surface area contributed by atoms with Crippen LogP contribution in [0.3, 0.4) is 0 Å². The van der Waals surface area contributed by atoms with Crippen molar-refractivity contribution in [2.24, 2.45) is 0 Å². The van der Waals surface area contributed by atoms with Gasteiger partial charge in [0.15, 0.2) is 5.82 Å². The number of nitrogens with one attached hydrogen (secondary N) is 1. The van der Waals surface area contributed by atoms with Crippen molar-refractivity contribution in [3.8, 4) is 16.4 Å². The van der Waals surface area contributed by atoms with E-state index in [1.165, 1.54) is 25.7 Å². The van der Waals surface area contributed by atoms with E-state index in [1.54, 1.807) is 23.9 Å². The van der Waals surface area contributed by atoms with Crippen LogP contribution in [0.1, 0.15) is 59.4 Å². The molecule has 156 valence electrons. The Morgan fingerprint density at radius 3 is 2.84 bits per heavy atom. The lowest BCUT2D eigenvalue weighted by Gasteiger charge is -2.09. The van der Waals surface area contributed by atoms with Crippen LogP contribution in [-0.4, -0.2) is 35.2 Å². The molecule has 31 heavy (non-hydrogen) atoms. The average molecular weight is 432 g/mol. The summed E-state index contributed by atoms with van der Waals surface area (Å²) in [5, 5.41) is 13.2. The van der Waals surface area contributed by atoms with Crippen LogP contribution in [0.2, 0.25) is 0 Å². The minimum atomic E-state index is -0.239. The monoisotopic (exact) mass is 431 g/mol. The van der Waals surface area contributed by atoms with E-state index in [2.05, 4.69) is 36.2 Å². The first-order valence-electron chi connectivity index (χ1n) is 10.5. The predicted molar refractivity (Wildman–Crippen MR) is 118 cm³/mol. The van der Waals surface area contributed by atoms with Crippen LogP contribution in [0.25, 0.3) is 16.4 Å². The van der Waals surface area contributed by atoms with Crippen molar-refractivity contribution in [1.29, 1.82) is 0 Å². The minimum absolute atomic E-state index is 0.239. The van der Waals surface area contributed by atoms with Crippen LogP contribution in [0.15, 0.2) is 42.6 Å². The zero-order chi connectivity index (χ0) is 20.9. The molecule has 8 nitrogen and oxygen atoms in total. The van der Waals surface area contributed by atoms with Gasteiger partial charge in [-0.05, 0) is 50.3 Å². The van der Waals surface area contributed by atoms with Crippen molar-refractivity contribution in [1.82, 2.24) is 29.3 Å². The molecule has 2 fully saturated rings. The van der Waals surface area contributed by atoms with Gasteiger partial charge < -0.3 is 14.5 Å². The maximum absolute atomic E-state index is 12.9. The first-order chi connectivity index (χ1) is 15.2. The topological polar surface area (TPSA) is 90.5 Å². The Bertz CT molecular complexity index is 1280. The summed E-state index contributed by atoms with van der Waals surface area (Å²) in [7, 11) is 0. The second-order valence-corrected chi connectivity index (χ2v) is 9.19. The maximum atomic E-state index is 12.9. The first-order valence-corrected chi connectivity index (χ1v) is 11.3. The summed E-state index contributed by atoms with van der Waals surface area (Å²) in [6.07, 6.45) is 12.1. The molecule has 0 radical (unpaired) electrons. The summed E-state index contributed by atoms with van der Waals surface area (Å²) < 4.78 is 4.10. The van der Waals surface area contributed by atoms with E-state index in [0.717, 1.165) is 33.3 Å². The lowest BCUT2D eigenvalue weighted by Crippen LogP contribution is -2.14. The summed E-state index contributed by atoms with van der Waals surface area (Å²) >= 11 is 1.55. The van der Waals surface area contributed by atoms with Crippen LogP contribution >= 0.6 is 11.3 Å². The third-order valence-electron chi connectivity index (χ3n) is 5.77. The van der Waals surface area contributed by atoms with Crippen LogP contribution in [0.5, 0.6) is 0 Å². The molecule has 0 atom stereocenters. The first kappa shape index (κ1) is 18.4. The van der Waals surface area contributed by atoms with E-state index in [0.29, 0.717) is 17.7 Å². The van der Waals surface area contributed by atoms with Crippen LogP contribution in [0.4, 0.5) is 5.69 Å². The number of pyridine rings is 1. The SMILES string of the molecule is Cc1cnc(C(=O)Nc2csc(-c3nncn3C3CC3)c2)cc1-n1cnc(C2CC2)c1. The van der Waals surface area contributed by atoms with Gasteiger partial charge in [0, 0.05) is 29.7 Å². The average Bonchev–Trinajstić information content (AvgIpc) is 3.65. The third kappa shape index (κ3) is 3.54. The number of hydrogen-bond donors (Lipinski definition) is 1. The van der Waals surface area contributed by atoms with E-state index in [9.17, 15) is 4.79 Å². The Morgan fingerprint density at radius 1 is 1.16 bits per heavy atom. The highest BCUT2D eigenvalue weighted by Gasteiger charge is 2.27. The van der Waals surface area contributed by atoms with Crippen molar-refractivity contribution in [3.63, 3.8) is 0 Å². The second-order valence-electron chi connectivity index (χ2n) is 8.28. The number of amides is 1. The van der Waals surface area contributed by atoms with E-state index in [1.807, 2.05) is 35.3 Å². The summed E-state index contributed by atoms with van der Waals surface area (Å²) in [6.45, 7) is 1.99. The molecule has 2 saturated carbocycles. The summed E-state index contributed by atoms with van der Waals surface area (Å²) in [5.74, 6) is 1.21. The van der Waals surface area contributed by atoms with Crippen molar-refractivity contribution in [3.05, 3.63) is 59.5 Å². The Morgan fingerprint density at radius 2 is 2.03 bits per heavy atom. The molecule has 0 aromatic carbocycles. The highest BCUT2D eigenvalue weighted by Crippen LogP contribution is 2.40. The number of rotatable bonds is 6. The molecule has 6 rings (SSSR count). The standard InChI is InChI=1S/C22H21N7OS/c1-13-8-23-17(7-19(13)28-9-18(24-11-28)14-2-3-14)22(30)26-15-6-20(31-10-15)21-27-25-12-29(21)16-4-5-16/h6-12,14,16H,2-5H2,1H3,(H,26,30). The van der Waals surface area contributed by atoms with Crippen molar-refractivity contribution in [2.75, 3.05) is 5.32 Å². The molecule has 0 saturated heterocycles. The Hall–Kier alpha value is -3.33. The maximum Gasteiger partial charge on any atom is 0.274 e. The van der Waals surface area contributed by atoms with E-state index in [4.69, 9.17) is 0 Å². The fourth-order valence-electron chi connectivity index (χ4n) is 3.73. The Balaban J connectivity index is 1.22. The summed E-state index contributed by atoms with van der Waals surface area (Å²) in [6, 6.07) is 4.27. The van der Waals surface area contributed by atoms with Gasteiger partial charge in [-0.25, -0.2) is 4.98 Å². The summed E-state index contributed by atoms with van der Waals surface area (Å²) in [5.41, 5.74) is 4.14. The van der Waals surface area contributed by atoms with Crippen LogP contribution in [-0.2, 0) is 0 Å². The zero-order valence-corrected chi connectivity index (χ0v) is 17.8. The Kier molecular flexibility index (Phi) is 4.24. The van der Waals surface area contributed by atoms with Gasteiger partial charge in [-0.1, -0.05) is 0 Å². The van der Waals surface area contributed by atoms with Crippen molar-refractivity contribution >= 4 is 22.9 Å². The van der Waals surface area contributed by atoms with Gasteiger partial charge in [0.1, 0.15) is 12.0 Å². The fraction of sp³-hybridized carbons (Fsp3) is 0.318. The highest BCUT2D eigenvalue weighted by atomic mass is 32.1. The number of anilines is 1. The largest absolute Gasteiger partial charge is 0.320 e.